The Hall–Kier alpha value is -1.45. The standard InChI is InChI=1S/C17H27FN2O/c1-5-17(6-2)7-8-20(11-17)15-10-16(21-12(3)4)13(18)9-14(15)19/h9-10,12H,5-8,11,19H2,1-4H3. The van der Waals surface area contributed by atoms with Gasteiger partial charge < -0.3 is 15.4 Å². The number of hydrogen-bond acceptors (Lipinski definition) is 3. The number of nitrogen functional groups attached to an aromatic ring is 1. The highest BCUT2D eigenvalue weighted by Crippen LogP contribution is 2.41. The van der Waals surface area contributed by atoms with E-state index >= 15 is 0 Å². The Bertz CT molecular complexity index is 498. The molecule has 1 heterocycles. The third-order valence-corrected chi connectivity index (χ3v) is 4.72. The first-order valence-electron chi connectivity index (χ1n) is 7.91. The first-order chi connectivity index (χ1) is 9.90. The van der Waals surface area contributed by atoms with Gasteiger partial charge in [0.1, 0.15) is 0 Å². The van der Waals surface area contributed by atoms with Crippen LogP contribution in [0.2, 0.25) is 0 Å². The molecule has 4 heteroatoms. The third kappa shape index (κ3) is 3.25. The predicted octanol–water partition coefficient (Wildman–Crippen LogP) is 4.21. The number of halogens is 1. The van der Waals surface area contributed by atoms with Gasteiger partial charge in [-0.05, 0) is 38.5 Å². The minimum atomic E-state index is -0.388. The SMILES string of the molecule is CCC1(CC)CCN(c2cc(OC(C)C)c(F)cc2N)C1. The van der Waals surface area contributed by atoms with E-state index in [4.69, 9.17) is 10.5 Å². The van der Waals surface area contributed by atoms with Gasteiger partial charge >= 0.3 is 0 Å². The molecule has 1 aliphatic heterocycles. The van der Waals surface area contributed by atoms with Gasteiger partial charge in [-0.3, -0.25) is 0 Å². The molecule has 0 bridgehead atoms. The average molecular weight is 294 g/mol. The summed E-state index contributed by atoms with van der Waals surface area (Å²) < 4.78 is 19.5. The van der Waals surface area contributed by atoms with Crippen LogP contribution in [0.4, 0.5) is 15.8 Å². The van der Waals surface area contributed by atoms with E-state index < -0.39 is 0 Å². The van der Waals surface area contributed by atoms with Gasteiger partial charge in [-0.2, -0.15) is 0 Å². The minimum absolute atomic E-state index is 0.0556. The van der Waals surface area contributed by atoms with Gasteiger partial charge in [0.15, 0.2) is 11.6 Å². The molecule has 1 saturated heterocycles. The molecule has 118 valence electrons. The second kappa shape index (κ2) is 6.12. The number of anilines is 2. The van der Waals surface area contributed by atoms with Crippen molar-refractivity contribution >= 4 is 11.4 Å². The normalized spacial score (nSPS) is 17.5. The maximum absolute atomic E-state index is 13.9. The topological polar surface area (TPSA) is 38.5 Å². The molecular formula is C17H27FN2O. The first-order valence-corrected chi connectivity index (χ1v) is 7.91. The number of nitrogens with two attached hydrogens (primary N) is 1. The zero-order valence-electron chi connectivity index (χ0n) is 13.6. The Kier molecular flexibility index (Phi) is 4.64. The van der Waals surface area contributed by atoms with Gasteiger partial charge in [0, 0.05) is 25.2 Å². The average Bonchev–Trinajstić information content (AvgIpc) is 2.86. The number of ether oxygens (including phenoxy) is 1. The summed E-state index contributed by atoms with van der Waals surface area (Å²) in [5.74, 6) is -0.0962. The zero-order valence-corrected chi connectivity index (χ0v) is 13.6. The van der Waals surface area contributed by atoms with Gasteiger partial charge in [-0.15, -0.1) is 0 Å². The van der Waals surface area contributed by atoms with Crippen molar-refractivity contribution in [3.05, 3.63) is 17.9 Å². The van der Waals surface area contributed by atoms with Gasteiger partial charge in [-0.25, -0.2) is 4.39 Å². The van der Waals surface area contributed by atoms with Gasteiger partial charge in [-0.1, -0.05) is 13.8 Å². The lowest BCUT2D eigenvalue weighted by atomic mass is 9.82. The molecule has 3 nitrogen and oxygen atoms in total. The summed E-state index contributed by atoms with van der Waals surface area (Å²) in [6.45, 7) is 10.2. The molecule has 0 unspecified atom stereocenters. The number of hydrogen-bond donors (Lipinski definition) is 1. The van der Waals surface area contributed by atoms with E-state index in [9.17, 15) is 4.39 Å². The van der Waals surface area contributed by atoms with Crippen LogP contribution in [0, 0.1) is 11.2 Å². The molecule has 2 rings (SSSR count). The van der Waals surface area contributed by atoms with E-state index in [0.29, 0.717) is 16.9 Å². The Balaban J connectivity index is 2.28. The van der Waals surface area contributed by atoms with Crippen molar-refractivity contribution in [2.75, 3.05) is 23.7 Å². The lowest BCUT2D eigenvalue weighted by molar-refractivity contribution is 0.231. The van der Waals surface area contributed by atoms with Crippen LogP contribution in [0.3, 0.4) is 0 Å². The lowest BCUT2D eigenvalue weighted by Gasteiger charge is -2.28. The molecule has 0 amide bonds. The Morgan fingerprint density at radius 2 is 2.00 bits per heavy atom. The van der Waals surface area contributed by atoms with E-state index in [1.165, 1.54) is 6.07 Å². The van der Waals surface area contributed by atoms with Crippen LogP contribution in [-0.2, 0) is 0 Å². The maximum atomic E-state index is 13.9. The van der Waals surface area contributed by atoms with Crippen molar-refractivity contribution in [1.29, 1.82) is 0 Å². The lowest BCUT2D eigenvalue weighted by Crippen LogP contribution is -2.26. The molecule has 0 atom stereocenters. The quantitative estimate of drug-likeness (QED) is 0.827. The van der Waals surface area contributed by atoms with Crippen molar-refractivity contribution < 1.29 is 9.13 Å². The second-order valence-corrected chi connectivity index (χ2v) is 6.39. The number of rotatable bonds is 5. The molecule has 2 N–H and O–H groups in total. The highest BCUT2D eigenvalue weighted by molar-refractivity contribution is 5.70. The van der Waals surface area contributed by atoms with Crippen LogP contribution in [0.1, 0.15) is 47.0 Å². The van der Waals surface area contributed by atoms with Crippen LogP contribution in [0.15, 0.2) is 12.1 Å². The Labute approximate surface area is 127 Å². The molecule has 1 aliphatic rings. The summed E-state index contributed by atoms with van der Waals surface area (Å²) in [5, 5.41) is 0. The van der Waals surface area contributed by atoms with Crippen molar-refractivity contribution in [2.45, 2.75) is 53.1 Å². The highest BCUT2D eigenvalue weighted by atomic mass is 19.1. The fourth-order valence-electron chi connectivity index (χ4n) is 3.14. The molecule has 1 fully saturated rings. The first kappa shape index (κ1) is 15.9. The Morgan fingerprint density at radius 3 is 2.52 bits per heavy atom. The molecule has 1 aromatic rings. The third-order valence-electron chi connectivity index (χ3n) is 4.72. The van der Waals surface area contributed by atoms with Crippen LogP contribution in [0.25, 0.3) is 0 Å². The number of nitrogens with zero attached hydrogens (tertiary/aromatic N) is 1. The van der Waals surface area contributed by atoms with Crippen molar-refractivity contribution in [1.82, 2.24) is 0 Å². The molecule has 0 aliphatic carbocycles. The second-order valence-electron chi connectivity index (χ2n) is 6.39. The van der Waals surface area contributed by atoms with Crippen molar-refractivity contribution in [3.8, 4) is 5.75 Å². The predicted molar refractivity (Wildman–Crippen MR) is 86.4 cm³/mol. The van der Waals surface area contributed by atoms with Crippen LogP contribution in [0.5, 0.6) is 5.75 Å². The monoisotopic (exact) mass is 294 g/mol. The summed E-state index contributed by atoms with van der Waals surface area (Å²) in [6.07, 6.45) is 3.43. The molecule has 0 spiro atoms. The van der Waals surface area contributed by atoms with E-state index in [1.54, 1.807) is 6.07 Å². The molecule has 0 saturated carbocycles. The zero-order chi connectivity index (χ0) is 15.6. The van der Waals surface area contributed by atoms with Crippen LogP contribution < -0.4 is 15.4 Å². The van der Waals surface area contributed by atoms with Gasteiger partial charge in [0.2, 0.25) is 0 Å². The maximum Gasteiger partial charge on any atom is 0.167 e. The smallest absolute Gasteiger partial charge is 0.167 e. The molecule has 0 aromatic heterocycles. The summed E-state index contributed by atoms with van der Waals surface area (Å²) >= 11 is 0. The van der Waals surface area contributed by atoms with Crippen molar-refractivity contribution in [2.24, 2.45) is 5.41 Å². The summed E-state index contributed by atoms with van der Waals surface area (Å²) in [4.78, 5) is 2.27. The van der Waals surface area contributed by atoms with Crippen LogP contribution in [-0.4, -0.2) is 19.2 Å². The van der Waals surface area contributed by atoms with E-state index in [0.717, 1.165) is 38.0 Å². The summed E-state index contributed by atoms with van der Waals surface area (Å²) in [6, 6.07) is 3.14. The Morgan fingerprint density at radius 1 is 1.33 bits per heavy atom. The highest BCUT2D eigenvalue weighted by Gasteiger charge is 2.35. The fourth-order valence-corrected chi connectivity index (χ4v) is 3.14. The van der Waals surface area contributed by atoms with E-state index in [1.807, 2.05) is 13.8 Å². The van der Waals surface area contributed by atoms with Gasteiger partial charge in [0.05, 0.1) is 17.5 Å². The van der Waals surface area contributed by atoms with E-state index in [-0.39, 0.29) is 11.9 Å². The van der Waals surface area contributed by atoms with Crippen LogP contribution >= 0.6 is 0 Å². The van der Waals surface area contributed by atoms with Crippen molar-refractivity contribution in [3.63, 3.8) is 0 Å². The largest absolute Gasteiger partial charge is 0.488 e. The molecule has 21 heavy (non-hydrogen) atoms. The molecule has 0 radical (unpaired) electrons. The summed E-state index contributed by atoms with van der Waals surface area (Å²) in [5.41, 5.74) is 7.79. The summed E-state index contributed by atoms with van der Waals surface area (Å²) in [7, 11) is 0. The minimum Gasteiger partial charge on any atom is -0.488 e. The molecular weight excluding hydrogens is 267 g/mol. The van der Waals surface area contributed by atoms with E-state index in [2.05, 4.69) is 18.7 Å². The number of benzene rings is 1. The van der Waals surface area contributed by atoms with Gasteiger partial charge in [0.25, 0.3) is 0 Å². The fraction of sp³-hybridized carbons (Fsp3) is 0.647. The molecule has 1 aromatic carbocycles.